The molecule has 0 bridgehead atoms. The van der Waals surface area contributed by atoms with Crippen molar-refractivity contribution in [2.45, 2.75) is 44.2 Å². The number of carbonyl (C=O) groups excluding carboxylic acids is 1. The Bertz CT molecular complexity index is 642. The van der Waals surface area contributed by atoms with Gasteiger partial charge in [-0.15, -0.1) is 0 Å². The third-order valence-electron chi connectivity index (χ3n) is 5.76. The molecule has 1 N–H and O–H groups in total. The van der Waals surface area contributed by atoms with E-state index in [1.165, 1.54) is 0 Å². The van der Waals surface area contributed by atoms with E-state index in [9.17, 15) is 4.79 Å². The Labute approximate surface area is 162 Å². The predicted octanol–water partition coefficient (Wildman–Crippen LogP) is 2.27. The fourth-order valence-electron chi connectivity index (χ4n) is 4.33. The van der Waals surface area contributed by atoms with Crippen molar-refractivity contribution >= 4 is 5.91 Å². The van der Waals surface area contributed by atoms with Crippen molar-refractivity contribution in [3.8, 4) is 11.5 Å². The number of benzene rings is 1. The second-order valence-corrected chi connectivity index (χ2v) is 7.87. The van der Waals surface area contributed by atoms with Crippen molar-refractivity contribution in [3.05, 3.63) is 23.8 Å². The molecule has 6 nitrogen and oxygen atoms in total. The lowest BCUT2D eigenvalue weighted by Crippen LogP contribution is -2.63. The largest absolute Gasteiger partial charge is 0.493 e. The van der Waals surface area contributed by atoms with Gasteiger partial charge in [-0.1, -0.05) is 25.0 Å². The quantitative estimate of drug-likeness (QED) is 0.707. The maximum absolute atomic E-state index is 12.7. The number of amides is 1. The van der Waals surface area contributed by atoms with E-state index in [0.29, 0.717) is 19.7 Å². The third kappa shape index (κ3) is 4.38. The van der Waals surface area contributed by atoms with Gasteiger partial charge in [0.15, 0.2) is 11.5 Å². The highest BCUT2D eigenvalue weighted by Gasteiger charge is 2.48. The Kier molecular flexibility index (Phi) is 6.60. The molecule has 2 aliphatic rings. The van der Waals surface area contributed by atoms with E-state index in [4.69, 9.17) is 9.47 Å². The summed E-state index contributed by atoms with van der Waals surface area (Å²) in [4.78, 5) is 17.2. The van der Waals surface area contributed by atoms with Gasteiger partial charge < -0.3 is 19.7 Å². The van der Waals surface area contributed by atoms with E-state index in [0.717, 1.165) is 62.3 Å². The highest BCUT2D eigenvalue weighted by atomic mass is 16.5. The van der Waals surface area contributed by atoms with Crippen LogP contribution in [0.4, 0.5) is 0 Å². The number of piperazine rings is 1. The maximum Gasteiger partial charge on any atom is 0.240 e. The van der Waals surface area contributed by atoms with Gasteiger partial charge >= 0.3 is 0 Å². The monoisotopic (exact) mass is 375 g/mol. The Hall–Kier alpha value is -1.79. The molecule has 0 aromatic heterocycles. The van der Waals surface area contributed by atoms with Crippen LogP contribution in [0, 0.1) is 0 Å². The van der Waals surface area contributed by atoms with Gasteiger partial charge in [0.1, 0.15) is 5.54 Å². The minimum Gasteiger partial charge on any atom is -0.493 e. The summed E-state index contributed by atoms with van der Waals surface area (Å²) in [5.74, 6) is 1.78. The van der Waals surface area contributed by atoms with Crippen LogP contribution in [0.3, 0.4) is 0 Å². The summed E-state index contributed by atoms with van der Waals surface area (Å²) in [6, 6.07) is 6.05. The maximum atomic E-state index is 12.7. The second-order valence-electron chi connectivity index (χ2n) is 7.87. The number of rotatable bonds is 8. The molecule has 0 atom stereocenters. The van der Waals surface area contributed by atoms with Gasteiger partial charge in [-0.3, -0.25) is 9.69 Å². The number of carbonyl (C=O) groups is 1. The molecule has 0 unspecified atom stereocenters. The summed E-state index contributed by atoms with van der Waals surface area (Å²) < 4.78 is 11.7. The molecule has 1 aromatic carbocycles. The zero-order chi connectivity index (χ0) is 19.3. The van der Waals surface area contributed by atoms with E-state index >= 15 is 0 Å². The summed E-state index contributed by atoms with van der Waals surface area (Å²) in [6.45, 7) is 3.94. The smallest absolute Gasteiger partial charge is 0.240 e. The van der Waals surface area contributed by atoms with E-state index < -0.39 is 0 Å². The van der Waals surface area contributed by atoms with Crippen molar-refractivity contribution in [1.29, 1.82) is 0 Å². The van der Waals surface area contributed by atoms with Gasteiger partial charge in [0.25, 0.3) is 0 Å². The average Bonchev–Trinajstić information content (AvgIpc) is 3.14. The first-order chi connectivity index (χ1) is 13.1. The molecule has 1 heterocycles. The van der Waals surface area contributed by atoms with Crippen LogP contribution in [-0.2, 0) is 11.3 Å². The standard InChI is InChI=1S/C21H33N3O3/c1-23(2)13-7-15-27-19-17(8-6-9-18(19)26-3)16-24-14-12-22-20(25)21(24)10-4-5-11-21/h6,8-9H,4-5,7,10-16H2,1-3H3,(H,22,25). The fourth-order valence-corrected chi connectivity index (χ4v) is 4.33. The molecular weight excluding hydrogens is 342 g/mol. The van der Waals surface area contributed by atoms with Gasteiger partial charge in [-0.05, 0) is 39.4 Å². The molecule has 0 radical (unpaired) electrons. The van der Waals surface area contributed by atoms with Crippen molar-refractivity contribution in [2.24, 2.45) is 0 Å². The second kappa shape index (κ2) is 8.93. The van der Waals surface area contributed by atoms with Crippen LogP contribution in [0.1, 0.15) is 37.7 Å². The lowest BCUT2D eigenvalue weighted by molar-refractivity contribution is -0.137. The van der Waals surface area contributed by atoms with E-state index in [1.54, 1.807) is 7.11 Å². The molecule has 1 saturated heterocycles. The number of hydrogen-bond acceptors (Lipinski definition) is 5. The normalized spacial score (nSPS) is 19.5. The molecule has 1 amide bonds. The van der Waals surface area contributed by atoms with Crippen molar-refractivity contribution in [3.63, 3.8) is 0 Å². The number of para-hydroxylation sites is 1. The minimum atomic E-state index is -0.344. The van der Waals surface area contributed by atoms with Crippen LogP contribution in [0.5, 0.6) is 11.5 Å². The summed E-state index contributed by atoms with van der Waals surface area (Å²) in [6.07, 6.45) is 5.09. The Morgan fingerprint density at radius 2 is 2.04 bits per heavy atom. The highest BCUT2D eigenvalue weighted by molar-refractivity contribution is 5.87. The molecule has 3 rings (SSSR count). The zero-order valence-electron chi connectivity index (χ0n) is 16.9. The Balaban J connectivity index is 1.78. The highest BCUT2D eigenvalue weighted by Crippen LogP contribution is 2.40. The van der Waals surface area contributed by atoms with Gasteiger partial charge in [0, 0.05) is 31.7 Å². The number of nitrogens with one attached hydrogen (secondary N) is 1. The lowest BCUT2D eigenvalue weighted by atomic mass is 9.91. The van der Waals surface area contributed by atoms with Crippen molar-refractivity contribution < 1.29 is 14.3 Å². The molecule has 1 aromatic rings. The Morgan fingerprint density at radius 1 is 1.26 bits per heavy atom. The summed E-state index contributed by atoms with van der Waals surface area (Å²) in [7, 11) is 5.81. The minimum absolute atomic E-state index is 0.197. The molecule has 6 heteroatoms. The summed E-state index contributed by atoms with van der Waals surface area (Å²) >= 11 is 0. The predicted molar refractivity (Wildman–Crippen MR) is 106 cm³/mol. The van der Waals surface area contributed by atoms with E-state index in [1.807, 2.05) is 12.1 Å². The first-order valence-corrected chi connectivity index (χ1v) is 10.0. The SMILES string of the molecule is COc1cccc(CN2CCNC(=O)C23CCCC3)c1OCCCN(C)C. The van der Waals surface area contributed by atoms with Gasteiger partial charge in [-0.2, -0.15) is 0 Å². The summed E-state index contributed by atoms with van der Waals surface area (Å²) in [5.41, 5.74) is 0.754. The van der Waals surface area contributed by atoms with Crippen molar-refractivity contribution in [2.75, 3.05) is 47.4 Å². The molecular formula is C21H33N3O3. The van der Waals surface area contributed by atoms with Crippen LogP contribution >= 0.6 is 0 Å². The molecule has 27 heavy (non-hydrogen) atoms. The molecule has 1 spiro atoms. The first-order valence-electron chi connectivity index (χ1n) is 10.0. The molecule has 150 valence electrons. The van der Waals surface area contributed by atoms with Crippen molar-refractivity contribution in [1.82, 2.24) is 15.1 Å². The lowest BCUT2D eigenvalue weighted by Gasteiger charge is -2.44. The van der Waals surface area contributed by atoms with E-state index in [-0.39, 0.29) is 11.4 Å². The van der Waals surface area contributed by atoms with Crippen LogP contribution in [0.25, 0.3) is 0 Å². The zero-order valence-corrected chi connectivity index (χ0v) is 16.9. The molecule has 2 fully saturated rings. The van der Waals surface area contributed by atoms with Gasteiger partial charge in [0.2, 0.25) is 5.91 Å². The van der Waals surface area contributed by atoms with Crippen LogP contribution in [0.2, 0.25) is 0 Å². The first kappa shape index (κ1) is 20.0. The van der Waals surface area contributed by atoms with Crippen LogP contribution in [0.15, 0.2) is 18.2 Å². The van der Waals surface area contributed by atoms with E-state index in [2.05, 4.69) is 35.3 Å². The van der Waals surface area contributed by atoms with Gasteiger partial charge in [-0.25, -0.2) is 0 Å². The topological polar surface area (TPSA) is 54.0 Å². The fraction of sp³-hybridized carbons (Fsp3) is 0.667. The number of nitrogens with zero attached hydrogens (tertiary/aromatic N) is 2. The number of ether oxygens (including phenoxy) is 2. The molecule has 1 aliphatic heterocycles. The van der Waals surface area contributed by atoms with Crippen LogP contribution < -0.4 is 14.8 Å². The molecule has 1 saturated carbocycles. The van der Waals surface area contributed by atoms with Crippen LogP contribution in [-0.4, -0.2) is 68.7 Å². The molecule has 1 aliphatic carbocycles. The Morgan fingerprint density at radius 3 is 2.74 bits per heavy atom. The van der Waals surface area contributed by atoms with Gasteiger partial charge in [0.05, 0.1) is 13.7 Å². The summed E-state index contributed by atoms with van der Waals surface area (Å²) in [5, 5.41) is 3.08. The number of methoxy groups -OCH3 is 1. The average molecular weight is 376 g/mol. The number of hydrogen-bond donors (Lipinski definition) is 1. The third-order valence-corrected chi connectivity index (χ3v) is 5.76.